The summed E-state index contributed by atoms with van der Waals surface area (Å²) in [7, 11) is 0. The first-order valence-corrected chi connectivity index (χ1v) is 8.67. The Morgan fingerprint density at radius 2 is 1.86 bits per heavy atom. The molecule has 0 N–H and O–H groups in total. The third kappa shape index (κ3) is 3.54. The topological polar surface area (TPSA) is 35.0 Å². The van der Waals surface area contributed by atoms with E-state index in [9.17, 15) is 0 Å². The van der Waals surface area contributed by atoms with Crippen molar-refractivity contribution in [3.63, 3.8) is 0 Å². The van der Waals surface area contributed by atoms with Crippen LogP contribution in [0.2, 0.25) is 0 Å². The normalized spacial score (nSPS) is 11.2. The molecular formula is C16H16N2OS2. The van der Waals surface area contributed by atoms with Crippen molar-refractivity contribution < 1.29 is 4.74 Å². The first-order chi connectivity index (χ1) is 10.2. The predicted octanol–water partition coefficient (Wildman–Crippen LogP) is 4.77. The van der Waals surface area contributed by atoms with Crippen molar-refractivity contribution >= 4 is 34.1 Å². The Bertz CT molecular complexity index is 726. The van der Waals surface area contributed by atoms with Crippen LogP contribution in [0.15, 0.2) is 46.0 Å². The van der Waals surface area contributed by atoms with Crippen LogP contribution in [0, 0.1) is 0 Å². The van der Waals surface area contributed by atoms with Crippen LogP contribution in [0.5, 0.6) is 5.88 Å². The van der Waals surface area contributed by atoms with Gasteiger partial charge in [0.1, 0.15) is 5.69 Å². The Morgan fingerprint density at radius 1 is 1.10 bits per heavy atom. The van der Waals surface area contributed by atoms with Crippen LogP contribution in [0.25, 0.3) is 11.0 Å². The Labute approximate surface area is 132 Å². The average Bonchev–Trinajstić information content (AvgIpc) is 2.97. The van der Waals surface area contributed by atoms with E-state index in [0.717, 1.165) is 22.5 Å². The van der Waals surface area contributed by atoms with Crippen molar-refractivity contribution in [2.45, 2.75) is 29.9 Å². The maximum absolute atomic E-state index is 5.84. The van der Waals surface area contributed by atoms with E-state index in [-0.39, 0.29) is 6.10 Å². The number of fused-ring (bicyclic) bond motifs is 1. The molecule has 0 amide bonds. The minimum absolute atomic E-state index is 0.0888. The monoisotopic (exact) mass is 316 g/mol. The van der Waals surface area contributed by atoms with Crippen LogP contribution in [0.3, 0.4) is 0 Å². The molecule has 0 aliphatic rings. The zero-order valence-corrected chi connectivity index (χ0v) is 13.6. The van der Waals surface area contributed by atoms with Gasteiger partial charge in [0.25, 0.3) is 0 Å². The van der Waals surface area contributed by atoms with Gasteiger partial charge in [0.2, 0.25) is 5.88 Å². The quantitative estimate of drug-likeness (QED) is 0.635. The van der Waals surface area contributed by atoms with E-state index in [4.69, 9.17) is 9.72 Å². The Kier molecular flexibility index (Phi) is 4.41. The van der Waals surface area contributed by atoms with Gasteiger partial charge >= 0.3 is 0 Å². The third-order valence-electron chi connectivity index (χ3n) is 2.80. The Balaban J connectivity index is 1.93. The molecule has 2 aromatic heterocycles. The molecule has 0 saturated heterocycles. The highest BCUT2D eigenvalue weighted by atomic mass is 32.2. The van der Waals surface area contributed by atoms with Crippen LogP contribution >= 0.6 is 23.1 Å². The first kappa shape index (κ1) is 14.4. The number of hydrogen-bond acceptors (Lipinski definition) is 5. The minimum atomic E-state index is 0.0888. The van der Waals surface area contributed by atoms with Crippen LogP contribution in [-0.4, -0.2) is 16.1 Å². The highest BCUT2D eigenvalue weighted by Gasteiger charge is 2.12. The van der Waals surface area contributed by atoms with Gasteiger partial charge in [-0.2, -0.15) is 0 Å². The molecule has 2 heterocycles. The van der Waals surface area contributed by atoms with Crippen molar-refractivity contribution in [1.82, 2.24) is 9.97 Å². The number of aromatic nitrogens is 2. The first-order valence-electron chi connectivity index (χ1n) is 6.81. The van der Waals surface area contributed by atoms with Gasteiger partial charge in [0.05, 0.1) is 21.3 Å². The fourth-order valence-electron chi connectivity index (χ4n) is 1.92. The van der Waals surface area contributed by atoms with Crippen molar-refractivity contribution in [2.24, 2.45) is 0 Å². The number of nitrogens with zero attached hydrogens (tertiary/aromatic N) is 2. The second-order valence-corrected chi connectivity index (χ2v) is 7.07. The van der Waals surface area contributed by atoms with Gasteiger partial charge in [-0.3, -0.25) is 0 Å². The number of benzene rings is 1. The van der Waals surface area contributed by atoms with Crippen LogP contribution in [0.4, 0.5) is 0 Å². The number of hydrogen-bond donors (Lipinski definition) is 0. The standard InChI is InChI=1S/C16H16N2OS2/c1-11(2)19-16-14(10-21-15-8-5-9-20-15)17-12-6-3-4-7-13(12)18-16/h3-9,11H,10H2,1-2H3. The maximum atomic E-state index is 5.84. The lowest BCUT2D eigenvalue weighted by Crippen LogP contribution is -2.10. The van der Waals surface area contributed by atoms with E-state index in [1.165, 1.54) is 4.21 Å². The van der Waals surface area contributed by atoms with Gasteiger partial charge in [0, 0.05) is 5.75 Å². The van der Waals surface area contributed by atoms with E-state index < -0.39 is 0 Å². The lowest BCUT2D eigenvalue weighted by molar-refractivity contribution is 0.230. The van der Waals surface area contributed by atoms with Crippen molar-refractivity contribution in [3.8, 4) is 5.88 Å². The van der Waals surface area contributed by atoms with E-state index in [1.807, 2.05) is 38.1 Å². The van der Waals surface area contributed by atoms with Gasteiger partial charge in [-0.25, -0.2) is 9.97 Å². The minimum Gasteiger partial charge on any atom is -0.474 e. The molecule has 0 atom stereocenters. The summed E-state index contributed by atoms with van der Waals surface area (Å²) in [6.07, 6.45) is 0.0888. The lowest BCUT2D eigenvalue weighted by atomic mass is 10.3. The second-order valence-electron chi connectivity index (χ2n) is 4.85. The van der Waals surface area contributed by atoms with Gasteiger partial charge in [-0.1, -0.05) is 18.2 Å². The van der Waals surface area contributed by atoms with Crippen LogP contribution in [-0.2, 0) is 5.75 Å². The van der Waals surface area contributed by atoms with Crippen molar-refractivity contribution in [3.05, 3.63) is 47.5 Å². The largest absolute Gasteiger partial charge is 0.474 e. The Hall–Kier alpha value is -1.59. The number of ether oxygens (including phenoxy) is 1. The molecule has 21 heavy (non-hydrogen) atoms. The summed E-state index contributed by atoms with van der Waals surface area (Å²) in [6, 6.07) is 12.1. The maximum Gasteiger partial charge on any atom is 0.237 e. The van der Waals surface area contributed by atoms with E-state index in [2.05, 4.69) is 22.5 Å². The molecule has 0 unspecified atom stereocenters. The molecule has 3 rings (SSSR count). The van der Waals surface area contributed by atoms with Gasteiger partial charge in [-0.15, -0.1) is 23.1 Å². The molecule has 5 heteroatoms. The van der Waals surface area contributed by atoms with Crippen molar-refractivity contribution in [2.75, 3.05) is 0 Å². The summed E-state index contributed by atoms with van der Waals surface area (Å²) in [5.74, 6) is 1.41. The average molecular weight is 316 g/mol. The van der Waals surface area contributed by atoms with Crippen LogP contribution < -0.4 is 4.74 Å². The second kappa shape index (κ2) is 6.45. The fraction of sp³-hybridized carbons (Fsp3) is 0.250. The fourth-order valence-corrected chi connectivity index (χ4v) is 3.62. The summed E-state index contributed by atoms with van der Waals surface area (Å²) in [4.78, 5) is 9.34. The molecule has 0 fully saturated rings. The lowest BCUT2D eigenvalue weighted by Gasteiger charge is -2.13. The van der Waals surface area contributed by atoms with E-state index >= 15 is 0 Å². The van der Waals surface area contributed by atoms with Gasteiger partial charge in [-0.05, 0) is 37.4 Å². The van der Waals surface area contributed by atoms with Crippen molar-refractivity contribution in [1.29, 1.82) is 0 Å². The van der Waals surface area contributed by atoms with Crippen LogP contribution in [0.1, 0.15) is 19.5 Å². The number of rotatable bonds is 5. The van der Waals surface area contributed by atoms with E-state index in [1.54, 1.807) is 23.1 Å². The molecule has 0 aliphatic heterocycles. The van der Waals surface area contributed by atoms with Gasteiger partial charge in [0.15, 0.2) is 0 Å². The smallest absolute Gasteiger partial charge is 0.237 e. The van der Waals surface area contributed by atoms with Gasteiger partial charge < -0.3 is 4.74 Å². The summed E-state index contributed by atoms with van der Waals surface area (Å²) >= 11 is 3.51. The van der Waals surface area contributed by atoms with E-state index in [0.29, 0.717) is 5.88 Å². The summed E-state index contributed by atoms with van der Waals surface area (Å²) in [5.41, 5.74) is 2.69. The molecule has 108 valence electrons. The molecule has 0 spiro atoms. The number of para-hydroxylation sites is 2. The number of thioether (sulfide) groups is 1. The Morgan fingerprint density at radius 3 is 2.52 bits per heavy atom. The highest BCUT2D eigenvalue weighted by Crippen LogP contribution is 2.30. The summed E-state index contributed by atoms with van der Waals surface area (Å²) < 4.78 is 7.12. The number of thiophene rings is 1. The molecule has 0 aliphatic carbocycles. The third-order valence-corrected chi connectivity index (χ3v) is 4.94. The molecule has 0 saturated carbocycles. The molecule has 3 aromatic rings. The molecule has 0 bridgehead atoms. The summed E-state index contributed by atoms with van der Waals surface area (Å²) in [6.45, 7) is 4.01. The predicted molar refractivity (Wildman–Crippen MR) is 89.2 cm³/mol. The summed E-state index contributed by atoms with van der Waals surface area (Å²) in [5, 5.41) is 2.08. The zero-order chi connectivity index (χ0) is 14.7. The zero-order valence-electron chi connectivity index (χ0n) is 11.9. The SMILES string of the molecule is CC(C)Oc1nc2ccccc2nc1CSc1cccs1. The highest BCUT2D eigenvalue weighted by molar-refractivity contribution is 8.00. The molecular weight excluding hydrogens is 300 g/mol. The molecule has 3 nitrogen and oxygen atoms in total. The molecule has 1 aromatic carbocycles. The molecule has 0 radical (unpaired) electrons.